The summed E-state index contributed by atoms with van der Waals surface area (Å²) in [4.78, 5) is 0. The summed E-state index contributed by atoms with van der Waals surface area (Å²) in [5, 5.41) is 3.19. The zero-order valence-electron chi connectivity index (χ0n) is 8.46. The van der Waals surface area contributed by atoms with Gasteiger partial charge in [0.2, 0.25) is 0 Å². The lowest BCUT2D eigenvalue weighted by Crippen LogP contribution is -2.32. The molecule has 2 unspecified atom stereocenters. The number of rotatable bonds is 3. The number of hydrogen-bond donors (Lipinski definition) is 1. The Bertz CT molecular complexity index is 311. The molecule has 0 spiro atoms. The lowest BCUT2D eigenvalue weighted by molar-refractivity contribution is 0.250. The van der Waals surface area contributed by atoms with Gasteiger partial charge in [-0.25, -0.2) is 4.39 Å². The summed E-state index contributed by atoms with van der Waals surface area (Å²) in [7, 11) is 1.97. The Morgan fingerprint density at radius 3 is 2.86 bits per heavy atom. The normalized spacial score (nSPS) is 25.9. The van der Waals surface area contributed by atoms with Gasteiger partial charge in [-0.1, -0.05) is 12.1 Å². The molecular formula is C12H16FN. The van der Waals surface area contributed by atoms with Crippen molar-refractivity contribution < 1.29 is 4.39 Å². The highest BCUT2D eigenvalue weighted by atomic mass is 19.1. The van der Waals surface area contributed by atoms with E-state index in [0.717, 1.165) is 12.1 Å². The number of halogens is 1. The summed E-state index contributed by atoms with van der Waals surface area (Å²) >= 11 is 0. The Balaban J connectivity index is 2.08. The van der Waals surface area contributed by atoms with Gasteiger partial charge in [0.1, 0.15) is 5.82 Å². The average molecular weight is 193 g/mol. The van der Waals surface area contributed by atoms with Crippen LogP contribution in [0, 0.1) is 11.7 Å². The van der Waals surface area contributed by atoms with Gasteiger partial charge in [-0.15, -0.1) is 0 Å². The highest BCUT2D eigenvalue weighted by Crippen LogP contribution is 2.42. The largest absolute Gasteiger partial charge is 0.319 e. The summed E-state index contributed by atoms with van der Waals surface area (Å²) in [6.45, 7) is 1.04. The van der Waals surface area contributed by atoms with Crippen molar-refractivity contribution in [2.75, 3.05) is 13.6 Å². The molecule has 1 aliphatic rings. The predicted molar refractivity (Wildman–Crippen MR) is 55.8 cm³/mol. The first-order valence-electron chi connectivity index (χ1n) is 5.21. The van der Waals surface area contributed by atoms with Crippen molar-refractivity contribution in [2.24, 2.45) is 5.92 Å². The van der Waals surface area contributed by atoms with Crippen LogP contribution in [0.1, 0.15) is 24.3 Å². The molecule has 14 heavy (non-hydrogen) atoms. The van der Waals surface area contributed by atoms with Crippen LogP contribution >= 0.6 is 0 Å². The average Bonchev–Trinajstić information content (AvgIpc) is 2.12. The van der Waals surface area contributed by atoms with Crippen molar-refractivity contribution in [3.8, 4) is 0 Å². The molecule has 2 heteroatoms. The van der Waals surface area contributed by atoms with E-state index in [4.69, 9.17) is 0 Å². The molecule has 1 saturated carbocycles. The molecule has 0 saturated heterocycles. The van der Waals surface area contributed by atoms with Crippen LogP contribution in [0.2, 0.25) is 0 Å². The molecule has 2 atom stereocenters. The summed E-state index contributed by atoms with van der Waals surface area (Å²) in [5.74, 6) is 1.15. The van der Waals surface area contributed by atoms with E-state index in [1.807, 2.05) is 13.1 Å². The topological polar surface area (TPSA) is 12.0 Å². The van der Waals surface area contributed by atoms with Gasteiger partial charge in [0.25, 0.3) is 0 Å². The molecule has 1 nitrogen and oxygen atoms in total. The van der Waals surface area contributed by atoms with Gasteiger partial charge >= 0.3 is 0 Å². The van der Waals surface area contributed by atoms with Gasteiger partial charge in [0.05, 0.1) is 0 Å². The van der Waals surface area contributed by atoms with Crippen molar-refractivity contribution in [1.82, 2.24) is 5.32 Å². The molecule has 0 bridgehead atoms. The molecule has 1 aromatic rings. The zero-order chi connectivity index (χ0) is 9.97. The molecule has 0 radical (unpaired) electrons. The zero-order valence-corrected chi connectivity index (χ0v) is 8.46. The van der Waals surface area contributed by atoms with E-state index in [-0.39, 0.29) is 5.82 Å². The maximum atomic E-state index is 13.0. The van der Waals surface area contributed by atoms with Crippen LogP contribution in [-0.2, 0) is 0 Å². The summed E-state index contributed by atoms with van der Waals surface area (Å²) in [6, 6.07) is 7.02. The second-order valence-corrected chi connectivity index (χ2v) is 4.06. The van der Waals surface area contributed by atoms with E-state index in [2.05, 4.69) is 5.32 Å². The molecule has 0 aromatic heterocycles. The fourth-order valence-electron chi connectivity index (χ4n) is 2.25. The Kier molecular flexibility index (Phi) is 2.82. The van der Waals surface area contributed by atoms with Gasteiger partial charge in [-0.05, 0) is 56.0 Å². The van der Waals surface area contributed by atoms with E-state index in [1.165, 1.54) is 18.9 Å². The lowest BCUT2D eigenvalue weighted by Gasteiger charge is -2.37. The summed E-state index contributed by atoms with van der Waals surface area (Å²) in [6.07, 6.45) is 2.47. The van der Waals surface area contributed by atoms with Gasteiger partial charge in [-0.2, -0.15) is 0 Å². The van der Waals surface area contributed by atoms with E-state index >= 15 is 0 Å². The second kappa shape index (κ2) is 4.09. The third-order valence-electron chi connectivity index (χ3n) is 3.16. The number of nitrogens with one attached hydrogen (secondary N) is 1. The molecule has 1 aromatic carbocycles. The smallest absolute Gasteiger partial charge is 0.123 e. The fourth-order valence-corrected chi connectivity index (χ4v) is 2.25. The monoisotopic (exact) mass is 193 g/mol. The molecule has 1 fully saturated rings. The minimum absolute atomic E-state index is 0.113. The first kappa shape index (κ1) is 9.66. The quantitative estimate of drug-likeness (QED) is 0.778. The minimum Gasteiger partial charge on any atom is -0.319 e. The van der Waals surface area contributed by atoms with Crippen LogP contribution in [0.5, 0.6) is 0 Å². The highest BCUT2D eigenvalue weighted by molar-refractivity contribution is 5.23. The first-order valence-corrected chi connectivity index (χ1v) is 5.21. The van der Waals surface area contributed by atoms with E-state index in [0.29, 0.717) is 11.8 Å². The maximum absolute atomic E-state index is 13.0. The lowest BCUT2D eigenvalue weighted by atomic mass is 9.70. The van der Waals surface area contributed by atoms with Gasteiger partial charge in [0.15, 0.2) is 0 Å². The molecule has 0 heterocycles. The number of benzene rings is 1. The Morgan fingerprint density at radius 1 is 1.43 bits per heavy atom. The van der Waals surface area contributed by atoms with Crippen LogP contribution in [0.25, 0.3) is 0 Å². The molecule has 1 N–H and O–H groups in total. The van der Waals surface area contributed by atoms with E-state index in [1.54, 1.807) is 12.1 Å². The fraction of sp³-hybridized carbons (Fsp3) is 0.500. The summed E-state index contributed by atoms with van der Waals surface area (Å²) in [5.41, 5.74) is 1.16. The van der Waals surface area contributed by atoms with Gasteiger partial charge < -0.3 is 5.32 Å². The van der Waals surface area contributed by atoms with Crippen molar-refractivity contribution in [1.29, 1.82) is 0 Å². The molecule has 0 aliphatic heterocycles. The molecule has 2 rings (SSSR count). The van der Waals surface area contributed by atoms with Gasteiger partial charge in [0, 0.05) is 0 Å². The van der Waals surface area contributed by atoms with Crippen LogP contribution in [0.4, 0.5) is 4.39 Å². The second-order valence-electron chi connectivity index (χ2n) is 4.06. The van der Waals surface area contributed by atoms with Crippen LogP contribution < -0.4 is 5.32 Å². The highest BCUT2D eigenvalue weighted by Gasteiger charge is 2.31. The van der Waals surface area contributed by atoms with Crippen molar-refractivity contribution in [2.45, 2.75) is 18.8 Å². The maximum Gasteiger partial charge on any atom is 0.123 e. The van der Waals surface area contributed by atoms with Crippen molar-refractivity contribution in [3.05, 3.63) is 35.6 Å². The predicted octanol–water partition coefficient (Wildman–Crippen LogP) is 2.54. The molecule has 1 aliphatic carbocycles. The number of hydrogen-bond acceptors (Lipinski definition) is 1. The molecular weight excluding hydrogens is 177 g/mol. The van der Waals surface area contributed by atoms with E-state index < -0.39 is 0 Å². The first-order chi connectivity index (χ1) is 6.81. The molecule has 0 amide bonds. The summed E-state index contributed by atoms with van der Waals surface area (Å²) < 4.78 is 13.0. The molecule has 76 valence electrons. The Labute approximate surface area is 84.3 Å². The van der Waals surface area contributed by atoms with Crippen molar-refractivity contribution in [3.63, 3.8) is 0 Å². The van der Waals surface area contributed by atoms with Crippen LogP contribution in [0.15, 0.2) is 24.3 Å². The van der Waals surface area contributed by atoms with Crippen LogP contribution in [-0.4, -0.2) is 13.6 Å². The van der Waals surface area contributed by atoms with E-state index in [9.17, 15) is 4.39 Å². The van der Waals surface area contributed by atoms with Gasteiger partial charge in [-0.3, -0.25) is 0 Å². The van der Waals surface area contributed by atoms with Crippen LogP contribution in [0.3, 0.4) is 0 Å². The minimum atomic E-state index is -0.113. The third kappa shape index (κ3) is 1.80. The van der Waals surface area contributed by atoms with Crippen molar-refractivity contribution >= 4 is 0 Å². The third-order valence-corrected chi connectivity index (χ3v) is 3.16. The standard InChI is InChI=1S/C12H16FN/c1-14-8-10-5-6-12(10)9-3-2-4-11(13)7-9/h2-4,7,10,12,14H,5-6,8H2,1H3. The Morgan fingerprint density at radius 2 is 2.29 bits per heavy atom. The SMILES string of the molecule is CNCC1CCC1c1cccc(F)c1. The Hall–Kier alpha value is -0.890.